The van der Waals surface area contributed by atoms with Crippen molar-refractivity contribution in [2.24, 2.45) is 4.99 Å². The van der Waals surface area contributed by atoms with E-state index in [4.69, 9.17) is 4.74 Å². The minimum Gasteiger partial charge on any atom is -0.496 e. The van der Waals surface area contributed by atoms with Gasteiger partial charge in [0.25, 0.3) is 5.72 Å². The van der Waals surface area contributed by atoms with Crippen LogP contribution in [0, 0.1) is 13.8 Å². The molecule has 10 heteroatoms. The molecule has 1 unspecified atom stereocenters. The highest BCUT2D eigenvalue weighted by atomic mass is 32.2. The number of sulfone groups is 1. The van der Waals surface area contributed by atoms with Gasteiger partial charge in [-0.2, -0.15) is 13.2 Å². The number of benzene rings is 2. The number of methoxy groups -OCH3 is 1. The third kappa shape index (κ3) is 3.89. The zero-order valence-electron chi connectivity index (χ0n) is 16.8. The van der Waals surface area contributed by atoms with Crippen LogP contribution in [0.2, 0.25) is 0 Å². The van der Waals surface area contributed by atoms with Crippen LogP contribution in [0.1, 0.15) is 16.7 Å². The molecule has 0 fully saturated rings. The molecule has 1 heterocycles. The van der Waals surface area contributed by atoms with Gasteiger partial charge in [-0.3, -0.25) is 0 Å². The van der Waals surface area contributed by atoms with Gasteiger partial charge in [-0.15, -0.1) is 0 Å². The molecule has 1 aliphatic rings. The predicted octanol–water partition coefficient (Wildman–Crippen LogP) is 3.23. The molecule has 0 radical (unpaired) electrons. The van der Waals surface area contributed by atoms with Crippen LogP contribution < -0.4 is 9.64 Å². The highest BCUT2D eigenvalue weighted by Crippen LogP contribution is 2.39. The van der Waals surface area contributed by atoms with Gasteiger partial charge < -0.3 is 14.7 Å². The van der Waals surface area contributed by atoms with E-state index in [1.165, 1.54) is 36.3 Å². The first kappa shape index (κ1) is 22.1. The van der Waals surface area contributed by atoms with Crippen LogP contribution in [-0.2, 0) is 9.84 Å². The number of ether oxygens (including phenoxy) is 1. The zero-order valence-corrected chi connectivity index (χ0v) is 17.6. The molecule has 30 heavy (non-hydrogen) atoms. The van der Waals surface area contributed by atoms with Gasteiger partial charge in [-0.05, 0) is 61.4 Å². The maximum Gasteiger partial charge on any atom is 0.440 e. The Bertz CT molecular complexity index is 1110. The van der Waals surface area contributed by atoms with E-state index in [2.05, 4.69) is 4.99 Å². The molecular formula is C20H21F3N2O4S. The molecule has 0 amide bonds. The number of nitrogens with zero attached hydrogens (tertiary/aromatic N) is 2. The van der Waals surface area contributed by atoms with E-state index in [1.54, 1.807) is 26.0 Å². The van der Waals surface area contributed by atoms with Gasteiger partial charge in [0.1, 0.15) is 11.6 Å². The Kier molecular flexibility index (Phi) is 5.36. The fourth-order valence-corrected chi connectivity index (χ4v) is 3.89. The summed E-state index contributed by atoms with van der Waals surface area (Å²) in [5.41, 5.74) is -1.32. The summed E-state index contributed by atoms with van der Waals surface area (Å²) in [6, 6.07) is 8.72. The van der Waals surface area contributed by atoms with Crippen LogP contribution in [0.15, 0.2) is 46.3 Å². The Morgan fingerprint density at radius 1 is 1.13 bits per heavy atom. The van der Waals surface area contributed by atoms with E-state index < -0.39 is 28.3 Å². The van der Waals surface area contributed by atoms with Crippen LogP contribution >= 0.6 is 0 Å². The summed E-state index contributed by atoms with van der Waals surface area (Å²) in [6.07, 6.45) is -3.95. The topological polar surface area (TPSA) is 79.2 Å². The Morgan fingerprint density at radius 3 is 2.23 bits per heavy atom. The lowest BCUT2D eigenvalue weighted by Gasteiger charge is -2.26. The smallest absolute Gasteiger partial charge is 0.440 e. The number of β-amino-alcohol motifs (C(OH)–C–C–N with tert-alkyl or cyclic N) is 1. The van der Waals surface area contributed by atoms with Crippen LogP contribution in [-0.4, -0.2) is 51.2 Å². The van der Waals surface area contributed by atoms with Crippen LogP contribution in [0.4, 0.5) is 18.9 Å². The molecule has 0 aliphatic carbocycles. The minimum absolute atomic E-state index is 0.0338. The fraction of sp³-hybridized carbons (Fsp3) is 0.350. The Morgan fingerprint density at radius 2 is 1.73 bits per heavy atom. The van der Waals surface area contributed by atoms with Gasteiger partial charge in [-0.1, -0.05) is 0 Å². The lowest BCUT2D eigenvalue weighted by atomic mass is 10.0. The number of hydrogen-bond donors (Lipinski definition) is 1. The van der Waals surface area contributed by atoms with Crippen molar-refractivity contribution in [1.29, 1.82) is 0 Å². The van der Waals surface area contributed by atoms with Crippen molar-refractivity contribution in [3.8, 4) is 5.75 Å². The van der Waals surface area contributed by atoms with Crippen molar-refractivity contribution in [2.75, 3.05) is 24.8 Å². The fourth-order valence-electron chi connectivity index (χ4n) is 3.26. The number of anilines is 1. The standard InChI is InChI=1S/C20H21F3N2O4S/c1-12-10-17(29-3)13(2)9-16(12)18-24-19(26,20(21,22)23)11-25(18)14-5-7-15(8-6-14)30(4,27)28/h5-10,26H,11H2,1-4H3. The summed E-state index contributed by atoms with van der Waals surface area (Å²) < 4.78 is 69.3. The van der Waals surface area contributed by atoms with Crippen molar-refractivity contribution in [3.05, 3.63) is 53.1 Å². The molecule has 3 rings (SSSR count). The molecule has 2 aromatic rings. The largest absolute Gasteiger partial charge is 0.496 e. The Hall–Kier alpha value is -2.59. The molecule has 6 nitrogen and oxygen atoms in total. The normalized spacial score (nSPS) is 19.7. The summed E-state index contributed by atoms with van der Waals surface area (Å²) in [5.74, 6) is 0.509. The molecule has 2 aromatic carbocycles. The molecule has 162 valence electrons. The van der Waals surface area contributed by atoms with Crippen molar-refractivity contribution >= 4 is 21.4 Å². The van der Waals surface area contributed by atoms with Gasteiger partial charge in [-0.25, -0.2) is 13.4 Å². The molecule has 1 atom stereocenters. The monoisotopic (exact) mass is 442 g/mol. The summed E-state index contributed by atoms with van der Waals surface area (Å²) in [4.78, 5) is 4.93. The van der Waals surface area contributed by atoms with Gasteiger partial charge in [0.15, 0.2) is 9.84 Å². The number of hydrogen-bond acceptors (Lipinski definition) is 6. The molecule has 0 aromatic heterocycles. The summed E-state index contributed by atoms with van der Waals surface area (Å²) in [5, 5.41) is 10.3. The maximum absolute atomic E-state index is 13.6. The van der Waals surface area contributed by atoms with Gasteiger partial charge in [0.2, 0.25) is 0 Å². The number of aliphatic hydroxyl groups is 1. The number of aliphatic imine (C=N–C) groups is 1. The van der Waals surface area contributed by atoms with Crippen molar-refractivity contribution in [3.63, 3.8) is 0 Å². The van der Waals surface area contributed by atoms with E-state index in [-0.39, 0.29) is 16.4 Å². The van der Waals surface area contributed by atoms with Crippen LogP contribution in [0.3, 0.4) is 0 Å². The first-order chi connectivity index (χ1) is 13.8. The molecule has 0 saturated heterocycles. The molecule has 0 bridgehead atoms. The minimum atomic E-state index is -4.99. The highest BCUT2D eigenvalue weighted by molar-refractivity contribution is 7.90. The molecular weight excluding hydrogens is 421 g/mol. The number of rotatable bonds is 4. The molecule has 1 N–H and O–H groups in total. The first-order valence-corrected chi connectivity index (χ1v) is 10.8. The molecule has 1 aliphatic heterocycles. The van der Waals surface area contributed by atoms with E-state index in [0.29, 0.717) is 22.4 Å². The van der Waals surface area contributed by atoms with Crippen LogP contribution in [0.5, 0.6) is 5.75 Å². The predicted molar refractivity (Wildman–Crippen MR) is 107 cm³/mol. The van der Waals surface area contributed by atoms with Crippen molar-refractivity contribution < 1.29 is 31.4 Å². The second kappa shape index (κ2) is 7.28. The third-order valence-corrected chi connectivity index (χ3v) is 6.07. The maximum atomic E-state index is 13.6. The van der Waals surface area contributed by atoms with Crippen molar-refractivity contribution in [1.82, 2.24) is 0 Å². The average Bonchev–Trinajstić information content (AvgIpc) is 3.01. The SMILES string of the molecule is COc1cc(C)c(C2=NC(O)(C(F)(F)F)CN2c2ccc(S(C)(=O)=O)cc2)cc1C. The van der Waals surface area contributed by atoms with E-state index >= 15 is 0 Å². The summed E-state index contributed by atoms with van der Waals surface area (Å²) in [6.45, 7) is 2.60. The van der Waals surface area contributed by atoms with E-state index in [1.807, 2.05) is 0 Å². The highest BCUT2D eigenvalue weighted by Gasteiger charge is 2.59. The van der Waals surface area contributed by atoms with Gasteiger partial charge in [0.05, 0.1) is 18.6 Å². The Labute approximate surface area is 172 Å². The average molecular weight is 442 g/mol. The lowest BCUT2D eigenvalue weighted by molar-refractivity contribution is -0.249. The first-order valence-electron chi connectivity index (χ1n) is 8.89. The van der Waals surface area contributed by atoms with Gasteiger partial charge >= 0.3 is 6.18 Å². The third-order valence-electron chi connectivity index (χ3n) is 4.94. The Balaban J connectivity index is 2.15. The molecule has 0 saturated carbocycles. The van der Waals surface area contributed by atoms with Crippen LogP contribution in [0.25, 0.3) is 0 Å². The summed E-state index contributed by atoms with van der Waals surface area (Å²) >= 11 is 0. The quantitative estimate of drug-likeness (QED) is 0.787. The summed E-state index contributed by atoms with van der Waals surface area (Å²) in [7, 11) is -1.97. The lowest BCUT2D eigenvalue weighted by Crippen LogP contribution is -2.47. The van der Waals surface area contributed by atoms with Crippen molar-refractivity contribution in [2.45, 2.75) is 30.6 Å². The number of amidine groups is 1. The zero-order chi connectivity index (χ0) is 22.5. The van der Waals surface area contributed by atoms with Gasteiger partial charge in [0, 0.05) is 17.5 Å². The van der Waals surface area contributed by atoms with E-state index in [9.17, 15) is 26.7 Å². The number of aryl methyl sites for hydroxylation is 2. The second-order valence-corrected chi connectivity index (χ2v) is 9.25. The number of alkyl halides is 3. The van der Waals surface area contributed by atoms with E-state index in [0.717, 1.165) is 6.26 Å². The number of halogens is 3. The molecule has 0 spiro atoms. The second-order valence-electron chi connectivity index (χ2n) is 7.24.